The highest BCUT2D eigenvalue weighted by Crippen LogP contribution is 2.21. The summed E-state index contributed by atoms with van der Waals surface area (Å²) in [5, 5.41) is 5.42. The highest BCUT2D eigenvalue weighted by atomic mass is 16.5. The van der Waals surface area contributed by atoms with Crippen LogP contribution < -0.4 is 10.6 Å². The smallest absolute Gasteiger partial charge is 0.310 e. The Morgan fingerprint density at radius 2 is 2.04 bits per heavy atom. The topological polar surface area (TPSA) is 105 Å². The maximum atomic E-state index is 12.6. The SMILES string of the molecule is CCOC(=O)C1CCCN(C(=O)CC[C@@H]2NC(=O)c3ccccc3NC2=O)C1. The van der Waals surface area contributed by atoms with Crippen LogP contribution in [0, 0.1) is 5.92 Å². The van der Waals surface area contributed by atoms with Gasteiger partial charge in [0.1, 0.15) is 6.04 Å². The molecular formula is C20H25N3O5. The van der Waals surface area contributed by atoms with E-state index in [1.54, 1.807) is 36.1 Å². The third kappa shape index (κ3) is 4.49. The summed E-state index contributed by atoms with van der Waals surface area (Å²) in [7, 11) is 0. The summed E-state index contributed by atoms with van der Waals surface area (Å²) in [5.41, 5.74) is 0.866. The van der Waals surface area contributed by atoms with Gasteiger partial charge in [-0.15, -0.1) is 0 Å². The maximum Gasteiger partial charge on any atom is 0.310 e. The zero-order chi connectivity index (χ0) is 20.1. The number of rotatable bonds is 5. The summed E-state index contributed by atoms with van der Waals surface area (Å²) < 4.78 is 5.06. The van der Waals surface area contributed by atoms with Crippen molar-refractivity contribution in [3.63, 3.8) is 0 Å². The molecule has 0 aromatic heterocycles. The van der Waals surface area contributed by atoms with Crippen LogP contribution in [0.5, 0.6) is 0 Å². The number of carbonyl (C=O) groups is 4. The highest BCUT2D eigenvalue weighted by molar-refractivity contribution is 6.09. The van der Waals surface area contributed by atoms with E-state index in [2.05, 4.69) is 10.6 Å². The van der Waals surface area contributed by atoms with Crippen molar-refractivity contribution < 1.29 is 23.9 Å². The zero-order valence-electron chi connectivity index (χ0n) is 15.9. The third-order valence-corrected chi connectivity index (χ3v) is 5.09. The van der Waals surface area contributed by atoms with Crippen molar-refractivity contribution in [2.24, 2.45) is 5.92 Å². The molecule has 8 nitrogen and oxygen atoms in total. The first-order valence-electron chi connectivity index (χ1n) is 9.64. The van der Waals surface area contributed by atoms with Crippen LogP contribution in [-0.4, -0.2) is 54.3 Å². The van der Waals surface area contributed by atoms with Crippen molar-refractivity contribution in [3.8, 4) is 0 Å². The average molecular weight is 387 g/mol. The molecule has 1 aromatic rings. The lowest BCUT2D eigenvalue weighted by Crippen LogP contribution is -2.45. The van der Waals surface area contributed by atoms with Crippen LogP contribution in [0.3, 0.4) is 0 Å². The van der Waals surface area contributed by atoms with Gasteiger partial charge in [-0.3, -0.25) is 19.2 Å². The fraction of sp³-hybridized carbons (Fsp3) is 0.500. The molecule has 0 spiro atoms. The summed E-state index contributed by atoms with van der Waals surface area (Å²) >= 11 is 0. The molecule has 0 radical (unpaired) electrons. The van der Waals surface area contributed by atoms with Gasteiger partial charge in [0.2, 0.25) is 11.8 Å². The second-order valence-corrected chi connectivity index (χ2v) is 7.03. The van der Waals surface area contributed by atoms with E-state index in [0.717, 1.165) is 6.42 Å². The lowest BCUT2D eigenvalue weighted by atomic mass is 9.97. The Kier molecular flexibility index (Phi) is 6.28. The number of nitrogens with zero attached hydrogens (tertiary/aromatic N) is 1. The van der Waals surface area contributed by atoms with Crippen molar-refractivity contribution in [3.05, 3.63) is 29.8 Å². The number of anilines is 1. The first-order chi connectivity index (χ1) is 13.5. The summed E-state index contributed by atoms with van der Waals surface area (Å²) in [6, 6.07) is 6.00. The lowest BCUT2D eigenvalue weighted by molar-refractivity contribution is -0.151. The van der Waals surface area contributed by atoms with Gasteiger partial charge < -0.3 is 20.3 Å². The molecule has 0 bridgehead atoms. The first-order valence-corrected chi connectivity index (χ1v) is 9.64. The lowest BCUT2D eigenvalue weighted by Gasteiger charge is -2.31. The second kappa shape index (κ2) is 8.86. The van der Waals surface area contributed by atoms with Crippen molar-refractivity contribution in [1.29, 1.82) is 0 Å². The van der Waals surface area contributed by atoms with Gasteiger partial charge in [0.05, 0.1) is 23.8 Å². The number of benzene rings is 1. The molecule has 8 heteroatoms. The molecule has 2 atom stereocenters. The van der Waals surface area contributed by atoms with E-state index in [1.807, 2.05) is 0 Å². The van der Waals surface area contributed by atoms with Crippen molar-refractivity contribution in [1.82, 2.24) is 10.2 Å². The van der Waals surface area contributed by atoms with Gasteiger partial charge in [-0.1, -0.05) is 12.1 Å². The van der Waals surface area contributed by atoms with Gasteiger partial charge in [-0.25, -0.2) is 0 Å². The molecule has 3 amide bonds. The van der Waals surface area contributed by atoms with Crippen LogP contribution in [0.4, 0.5) is 5.69 Å². The van der Waals surface area contributed by atoms with E-state index in [4.69, 9.17) is 4.74 Å². The molecular weight excluding hydrogens is 362 g/mol. The minimum Gasteiger partial charge on any atom is -0.466 e. The van der Waals surface area contributed by atoms with Crippen molar-refractivity contribution in [2.75, 3.05) is 25.0 Å². The van der Waals surface area contributed by atoms with Gasteiger partial charge in [-0.05, 0) is 38.3 Å². The number of hydrogen-bond donors (Lipinski definition) is 2. The van der Waals surface area contributed by atoms with E-state index < -0.39 is 6.04 Å². The standard InChI is InChI=1S/C20H25N3O5/c1-2-28-20(27)13-6-5-11-23(12-13)17(24)10-9-16-19(26)21-15-8-4-3-7-14(15)18(25)22-16/h3-4,7-8,13,16H,2,5-6,9-12H2,1H3,(H,21,26)(H,22,25)/t13?,16-/m0/s1. The third-order valence-electron chi connectivity index (χ3n) is 5.09. The van der Waals surface area contributed by atoms with Crippen LogP contribution in [-0.2, 0) is 19.1 Å². The molecule has 28 heavy (non-hydrogen) atoms. The number of nitrogens with one attached hydrogen (secondary N) is 2. The molecule has 2 aliphatic heterocycles. The van der Waals surface area contributed by atoms with Crippen molar-refractivity contribution >= 4 is 29.4 Å². The Bertz CT molecular complexity index is 779. The summed E-state index contributed by atoms with van der Waals surface area (Å²) in [6.45, 7) is 3.01. The van der Waals surface area contributed by atoms with Crippen LogP contribution >= 0.6 is 0 Å². The van der Waals surface area contributed by atoms with E-state index >= 15 is 0 Å². The van der Waals surface area contributed by atoms with Crippen LogP contribution in [0.2, 0.25) is 0 Å². The number of likely N-dealkylation sites (tertiary alicyclic amines) is 1. The van der Waals surface area contributed by atoms with Crippen molar-refractivity contribution in [2.45, 2.75) is 38.6 Å². The highest BCUT2D eigenvalue weighted by Gasteiger charge is 2.31. The normalized spacial score (nSPS) is 21.8. The monoisotopic (exact) mass is 387 g/mol. The Balaban J connectivity index is 1.56. The number of piperidine rings is 1. The Morgan fingerprint density at radius 3 is 2.82 bits per heavy atom. The first kappa shape index (κ1) is 19.9. The summed E-state index contributed by atoms with van der Waals surface area (Å²) in [4.78, 5) is 50.9. The number of amides is 3. The molecule has 1 aromatic carbocycles. The molecule has 2 N–H and O–H groups in total. The van der Waals surface area contributed by atoms with E-state index in [9.17, 15) is 19.2 Å². The number of fused-ring (bicyclic) bond motifs is 1. The number of ether oxygens (including phenoxy) is 1. The Morgan fingerprint density at radius 1 is 1.25 bits per heavy atom. The average Bonchev–Trinajstić information content (AvgIpc) is 2.82. The predicted molar refractivity (Wildman–Crippen MR) is 101 cm³/mol. The van der Waals surface area contributed by atoms with Crippen LogP contribution in [0.1, 0.15) is 43.0 Å². The molecule has 0 saturated carbocycles. The summed E-state index contributed by atoms with van der Waals surface area (Å²) in [5.74, 6) is -1.38. The Hall–Kier alpha value is -2.90. The number of para-hydroxylation sites is 1. The fourth-order valence-corrected chi connectivity index (χ4v) is 3.60. The zero-order valence-corrected chi connectivity index (χ0v) is 15.9. The van der Waals surface area contributed by atoms with Crippen LogP contribution in [0.25, 0.3) is 0 Å². The largest absolute Gasteiger partial charge is 0.466 e. The molecule has 3 rings (SSSR count). The maximum absolute atomic E-state index is 12.6. The molecule has 2 heterocycles. The fourth-order valence-electron chi connectivity index (χ4n) is 3.60. The molecule has 1 fully saturated rings. The Labute approximate surface area is 163 Å². The van der Waals surface area contributed by atoms with Crippen LogP contribution in [0.15, 0.2) is 24.3 Å². The number of esters is 1. The van der Waals surface area contributed by atoms with Gasteiger partial charge in [-0.2, -0.15) is 0 Å². The number of hydrogen-bond acceptors (Lipinski definition) is 5. The van der Waals surface area contributed by atoms with Gasteiger partial charge in [0.25, 0.3) is 5.91 Å². The number of carbonyl (C=O) groups excluding carboxylic acids is 4. The second-order valence-electron chi connectivity index (χ2n) is 7.03. The minimum atomic E-state index is -0.783. The van der Waals surface area contributed by atoms with Gasteiger partial charge >= 0.3 is 5.97 Å². The van der Waals surface area contributed by atoms with Gasteiger partial charge in [0, 0.05) is 19.5 Å². The quantitative estimate of drug-likeness (QED) is 0.742. The minimum absolute atomic E-state index is 0.115. The predicted octanol–water partition coefficient (Wildman–Crippen LogP) is 1.32. The van der Waals surface area contributed by atoms with E-state index in [0.29, 0.717) is 37.4 Å². The summed E-state index contributed by atoms with van der Waals surface area (Å²) in [6.07, 6.45) is 1.77. The van der Waals surface area contributed by atoms with E-state index in [-0.39, 0.29) is 42.5 Å². The molecule has 0 aliphatic carbocycles. The molecule has 2 aliphatic rings. The molecule has 1 saturated heterocycles. The van der Waals surface area contributed by atoms with Gasteiger partial charge in [0.15, 0.2) is 0 Å². The van der Waals surface area contributed by atoms with E-state index in [1.165, 1.54) is 0 Å². The molecule has 150 valence electrons. The molecule has 1 unspecified atom stereocenters.